The molecule has 1 aromatic carbocycles. The molecule has 0 aliphatic heterocycles. The Hall–Kier alpha value is -2.08. The van der Waals surface area contributed by atoms with Crippen molar-refractivity contribution in [1.82, 2.24) is 10.4 Å². The van der Waals surface area contributed by atoms with Gasteiger partial charge in [0.15, 0.2) is 0 Å². The van der Waals surface area contributed by atoms with Crippen LogP contribution in [0, 0.1) is 0 Å². The minimum atomic E-state index is -2.79. The van der Waals surface area contributed by atoms with E-state index >= 15 is 0 Å². The quantitative estimate of drug-likeness (QED) is 0.372. The number of hydrogen-bond acceptors (Lipinski definition) is 3. The van der Waals surface area contributed by atoms with Crippen LogP contribution in [0.3, 0.4) is 0 Å². The maximum atomic E-state index is 13.0. The molecule has 2 aromatic rings. The standard InChI is InChI=1S/C11H9F2N.CH4N2O/c1-11(12,13)9-4-5-10-8(7-9)3-2-6-14-10;2-3-1-4/h2-7H,1H3;1H,2H2,(H,3,4). The Bertz CT molecular complexity index is 526. The van der Waals surface area contributed by atoms with E-state index in [1.165, 1.54) is 12.1 Å². The fourth-order valence-electron chi connectivity index (χ4n) is 1.35. The largest absolute Gasteiger partial charge is 0.297 e. The molecule has 4 nitrogen and oxygen atoms in total. The van der Waals surface area contributed by atoms with Crippen molar-refractivity contribution in [2.45, 2.75) is 12.8 Å². The van der Waals surface area contributed by atoms with Gasteiger partial charge >= 0.3 is 0 Å². The van der Waals surface area contributed by atoms with Crippen LogP contribution in [0.25, 0.3) is 10.9 Å². The van der Waals surface area contributed by atoms with E-state index in [-0.39, 0.29) is 5.56 Å². The normalized spacial score (nSPS) is 10.4. The van der Waals surface area contributed by atoms with Crippen LogP contribution in [0.2, 0.25) is 0 Å². The minimum absolute atomic E-state index is 0.0259. The van der Waals surface area contributed by atoms with E-state index < -0.39 is 5.92 Å². The third kappa shape index (κ3) is 3.74. The van der Waals surface area contributed by atoms with E-state index in [4.69, 9.17) is 4.79 Å². The van der Waals surface area contributed by atoms with Gasteiger partial charge < -0.3 is 0 Å². The molecule has 0 radical (unpaired) electrons. The smallest absolute Gasteiger partial charge is 0.270 e. The van der Waals surface area contributed by atoms with Gasteiger partial charge in [-0.05, 0) is 18.2 Å². The predicted molar refractivity (Wildman–Crippen MR) is 64.7 cm³/mol. The molecular formula is C12H13F2N3O. The fourth-order valence-corrected chi connectivity index (χ4v) is 1.35. The number of nitrogens with one attached hydrogen (secondary N) is 1. The first-order valence-electron chi connectivity index (χ1n) is 5.12. The molecule has 1 heterocycles. The third-order valence-electron chi connectivity index (χ3n) is 2.18. The van der Waals surface area contributed by atoms with E-state index in [1.54, 1.807) is 29.8 Å². The lowest BCUT2D eigenvalue weighted by atomic mass is 10.1. The second-order valence-electron chi connectivity index (χ2n) is 3.58. The lowest BCUT2D eigenvalue weighted by Gasteiger charge is -2.10. The van der Waals surface area contributed by atoms with Crippen LogP contribution in [-0.2, 0) is 10.7 Å². The Labute approximate surface area is 103 Å². The molecule has 18 heavy (non-hydrogen) atoms. The molecule has 0 unspecified atom stereocenters. The number of hydrazine groups is 1. The zero-order chi connectivity index (χ0) is 13.6. The molecule has 0 saturated carbocycles. The van der Waals surface area contributed by atoms with Crippen molar-refractivity contribution in [1.29, 1.82) is 0 Å². The van der Waals surface area contributed by atoms with Crippen molar-refractivity contribution in [3.05, 3.63) is 42.1 Å². The third-order valence-corrected chi connectivity index (χ3v) is 2.18. The van der Waals surface area contributed by atoms with E-state index in [9.17, 15) is 8.78 Å². The molecule has 0 spiro atoms. The van der Waals surface area contributed by atoms with E-state index in [1.807, 2.05) is 0 Å². The highest BCUT2D eigenvalue weighted by Gasteiger charge is 2.23. The molecule has 0 fully saturated rings. The molecule has 1 amide bonds. The van der Waals surface area contributed by atoms with Crippen LogP contribution in [0.4, 0.5) is 8.78 Å². The van der Waals surface area contributed by atoms with Gasteiger partial charge in [0.05, 0.1) is 5.52 Å². The highest BCUT2D eigenvalue weighted by atomic mass is 19.3. The maximum Gasteiger partial charge on any atom is 0.270 e. The molecule has 0 bridgehead atoms. The molecular weight excluding hydrogens is 240 g/mol. The van der Waals surface area contributed by atoms with Crippen molar-refractivity contribution < 1.29 is 13.6 Å². The van der Waals surface area contributed by atoms with Crippen LogP contribution in [0.1, 0.15) is 12.5 Å². The summed E-state index contributed by atoms with van der Waals surface area (Å²) in [6, 6.07) is 8.01. The topological polar surface area (TPSA) is 68.0 Å². The van der Waals surface area contributed by atoms with Gasteiger partial charge in [-0.1, -0.05) is 12.1 Å². The molecule has 2 rings (SSSR count). The highest BCUT2D eigenvalue weighted by Crippen LogP contribution is 2.28. The molecule has 0 aliphatic carbocycles. The number of benzene rings is 1. The summed E-state index contributed by atoms with van der Waals surface area (Å²) in [4.78, 5) is 13.0. The van der Waals surface area contributed by atoms with Gasteiger partial charge in [-0.2, -0.15) is 0 Å². The van der Waals surface area contributed by atoms with Gasteiger partial charge in [0, 0.05) is 24.1 Å². The van der Waals surface area contributed by atoms with Crippen molar-refractivity contribution in [3.8, 4) is 0 Å². The van der Waals surface area contributed by atoms with Crippen LogP contribution in [0.5, 0.6) is 0 Å². The highest BCUT2D eigenvalue weighted by molar-refractivity contribution is 5.79. The van der Waals surface area contributed by atoms with Crippen molar-refractivity contribution in [2.75, 3.05) is 0 Å². The maximum absolute atomic E-state index is 13.0. The summed E-state index contributed by atoms with van der Waals surface area (Å²) in [5, 5.41) is 0.742. The number of rotatable bonds is 2. The van der Waals surface area contributed by atoms with Crippen LogP contribution in [0.15, 0.2) is 36.5 Å². The van der Waals surface area contributed by atoms with E-state index in [2.05, 4.69) is 10.8 Å². The van der Waals surface area contributed by atoms with Crippen LogP contribution < -0.4 is 11.3 Å². The predicted octanol–water partition coefficient (Wildman–Crippen LogP) is 1.95. The SMILES string of the molecule is CC(F)(F)c1ccc2ncccc2c1.NNC=O. The molecule has 0 saturated heterocycles. The number of pyridine rings is 1. The summed E-state index contributed by atoms with van der Waals surface area (Å²) in [5.41, 5.74) is 2.51. The van der Waals surface area contributed by atoms with Crippen LogP contribution in [-0.4, -0.2) is 11.4 Å². The molecule has 0 atom stereocenters. The monoisotopic (exact) mass is 253 g/mol. The lowest BCUT2D eigenvalue weighted by molar-refractivity contribution is -0.109. The molecule has 0 aliphatic rings. The number of hydrogen-bond donors (Lipinski definition) is 2. The first-order valence-corrected chi connectivity index (χ1v) is 5.12. The Morgan fingerprint density at radius 3 is 2.61 bits per heavy atom. The zero-order valence-electron chi connectivity index (χ0n) is 9.73. The number of fused-ring (bicyclic) bond motifs is 1. The van der Waals surface area contributed by atoms with Gasteiger partial charge in [0.1, 0.15) is 0 Å². The van der Waals surface area contributed by atoms with E-state index in [0.717, 1.165) is 17.8 Å². The molecule has 6 heteroatoms. The Morgan fingerprint density at radius 1 is 1.39 bits per heavy atom. The fraction of sp³-hybridized carbons (Fsp3) is 0.167. The number of nitrogens with zero attached hydrogens (tertiary/aromatic N) is 1. The summed E-state index contributed by atoms with van der Waals surface area (Å²) in [5.74, 6) is 1.62. The van der Waals surface area contributed by atoms with Crippen molar-refractivity contribution >= 4 is 17.3 Å². The minimum Gasteiger partial charge on any atom is -0.297 e. The van der Waals surface area contributed by atoms with Crippen molar-refractivity contribution in [3.63, 3.8) is 0 Å². The summed E-state index contributed by atoms with van der Waals surface area (Å²) in [7, 11) is 0. The van der Waals surface area contributed by atoms with E-state index in [0.29, 0.717) is 6.41 Å². The number of alkyl halides is 2. The van der Waals surface area contributed by atoms with Crippen molar-refractivity contribution in [2.24, 2.45) is 5.84 Å². The number of carbonyl (C=O) groups excluding carboxylic acids is 1. The first kappa shape index (κ1) is 14.0. The zero-order valence-corrected chi connectivity index (χ0v) is 9.73. The molecule has 3 N–H and O–H groups in total. The number of nitrogens with two attached hydrogens (primary N) is 1. The average Bonchev–Trinajstić information content (AvgIpc) is 2.37. The van der Waals surface area contributed by atoms with Gasteiger partial charge in [0.2, 0.25) is 6.41 Å². The number of amides is 1. The van der Waals surface area contributed by atoms with Gasteiger partial charge in [-0.15, -0.1) is 0 Å². The summed E-state index contributed by atoms with van der Waals surface area (Å²) >= 11 is 0. The Kier molecular flexibility index (Phi) is 4.67. The average molecular weight is 253 g/mol. The summed E-state index contributed by atoms with van der Waals surface area (Å²) in [6.45, 7) is 0.893. The number of carbonyl (C=O) groups is 1. The number of aromatic nitrogens is 1. The second-order valence-corrected chi connectivity index (χ2v) is 3.58. The Balaban J connectivity index is 0.000000357. The molecule has 1 aromatic heterocycles. The Morgan fingerprint density at radius 2 is 2.06 bits per heavy atom. The van der Waals surface area contributed by atoms with Gasteiger partial charge in [0.25, 0.3) is 5.92 Å². The summed E-state index contributed by atoms with van der Waals surface area (Å²) < 4.78 is 25.9. The summed E-state index contributed by atoms with van der Waals surface area (Å²) in [6.07, 6.45) is 2.05. The van der Waals surface area contributed by atoms with Crippen LogP contribution >= 0.6 is 0 Å². The van der Waals surface area contributed by atoms with Gasteiger partial charge in [-0.3, -0.25) is 15.2 Å². The number of halogens is 2. The lowest BCUT2D eigenvalue weighted by Crippen LogP contribution is -2.18. The molecule has 96 valence electrons. The second kappa shape index (κ2) is 6.02. The van der Waals surface area contributed by atoms with Gasteiger partial charge in [-0.25, -0.2) is 14.6 Å². The first-order chi connectivity index (χ1) is 8.49.